The Kier molecular flexibility index (Phi) is 7.17. The number of imidazole rings is 1. The number of carbonyl (C=O) groups excluding carboxylic acids is 1. The van der Waals surface area contributed by atoms with Gasteiger partial charge < -0.3 is 15.2 Å². The molecule has 0 saturated carbocycles. The maximum atomic E-state index is 13.3. The summed E-state index contributed by atoms with van der Waals surface area (Å²) in [6, 6.07) is 17.2. The third kappa shape index (κ3) is 5.07. The van der Waals surface area contributed by atoms with Gasteiger partial charge in [-0.3, -0.25) is 9.80 Å². The Labute approximate surface area is 224 Å². The Balaban J connectivity index is 1.10. The molecule has 8 heteroatoms. The van der Waals surface area contributed by atoms with E-state index >= 15 is 0 Å². The number of hydrogen-bond acceptors (Lipinski definition) is 4. The van der Waals surface area contributed by atoms with Crippen LogP contribution in [0.15, 0.2) is 54.6 Å². The number of halogens is 1. The molecule has 4 heterocycles. The minimum Gasteiger partial charge on any atom is -0.329 e. The van der Waals surface area contributed by atoms with Crippen LogP contribution in [0.25, 0.3) is 0 Å². The highest BCUT2D eigenvalue weighted by atomic mass is 19.1. The Morgan fingerprint density at radius 2 is 1.82 bits per heavy atom. The SMILES string of the molecule is Cc1nc2c(n1C1C[C@H]3CC[C@@H](C1)N3CCCN(C(=O)Nc1ccc(F)cc1)c1ccccc1)CCNC2. The molecule has 200 valence electrons. The van der Waals surface area contributed by atoms with Crippen molar-refractivity contribution in [1.82, 2.24) is 19.8 Å². The summed E-state index contributed by atoms with van der Waals surface area (Å²) < 4.78 is 15.9. The molecule has 0 radical (unpaired) electrons. The zero-order chi connectivity index (χ0) is 26.1. The van der Waals surface area contributed by atoms with Crippen LogP contribution in [0.2, 0.25) is 0 Å². The first-order valence-electron chi connectivity index (χ1n) is 14.0. The third-order valence-corrected chi connectivity index (χ3v) is 8.53. The molecule has 2 saturated heterocycles. The predicted octanol–water partition coefficient (Wildman–Crippen LogP) is 5.27. The van der Waals surface area contributed by atoms with Crippen molar-refractivity contribution in [3.63, 3.8) is 0 Å². The van der Waals surface area contributed by atoms with Gasteiger partial charge in [-0.25, -0.2) is 14.2 Å². The molecule has 3 atom stereocenters. The maximum absolute atomic E-state index is 13.3. The number of hydrogen-bond donors (Lipinski definition) is 2. The van der Waals surface area contributed by atoms with Gasteiger partial charge in [0.05, 0.1) is 5.69 Å². The Bertz CT molecular complexity index is 1250. The maximum Gasteiger partial charge on any atom is 0.326 e. The molecule has 7 nitrogen and oxygen atoms in total. The van der Waals surface area contributed by atoms with Crippen molar-refractivity contribution in [2.75, 3.05) is 29.9 Å². The fraction of sp³-hybridized carbons (Fsp3) is 0.467. The lowest BCUT2D eigenvalue weighted by Crippen LogP contribution is -2.45. The van der Waals surface area contributed by atoms with Crippen molar-refractivity contribution >= 4 is 17.4 Å². The number of urea groups is 1. The number of aryl methyl sites for hydroxylation is 1. The standard InChI is InChI=1S/C30H37FN6O/c1-21-33-28-20-32-15-14-29(28)37(21)27-18-25-12-13-26(19-27)35(25)16-5-17-36(24-6-3-2-4-7-24)30(38)34-23-10-8-22(31)9-11-23/h2-4,6-11,25-27,32H,5,12-20H2,1H3,(H,34,38)/t25-,26+,27?. The Morgan fingerprint density at radius 1 is 1.08 bits per heavy atom. The fourth-order valence-electron chi connectivity index (χ4n) is 6.87. The van der Waals surface area contributed by atoms with E-state index < -0.39 is 0 Å². The molecule has 1 unspecified atom stereocenters. The van der Waals surface area contributed by atoms with Gasteiger partial charge in [-0.1, -0.05) is 18.2 Å². The zero-order valence-electron chi connectivity index (χ0n) is 22.1. The van der Waals surface area contributed by atoms with Crippen LogP contribution in [0.5, 0.6) is 0 Å². The number of para-hydroxylation sites is 1. The molecule has 2 fully saturated rings. The van der Waals surface area contributed by atoms with E-state index in [1.165, 1.54) is 55.0 Å². The lowest BCUT2D eigenvalue weighted by molar-refractivity contribution is 0.104. The van der Waals surface area contributed by atoms with Crippen molar-refractivity contribution in [3.05, 3.63) is 77.6 Å². The van der Waals surface area contributed by atoms with Gasteiger partial charge in [-0.15, -0.1) is 0 Å². The molecule has 38 heavy (non-hydrogen) atoms. The van der Waals surface area contributed by atoms with Gasteiger partial charge in [0.25, 0.3) is 0 Å². The highest BCUT2D eigenvalue weighted by Crippen LogP contribution is 2.42. The highest BCUT2D eigenvalue weighted by molar-refractivity contribution is 6.01. The second-order valence-corrected chi connectivity index (χ2v) is 10.9. The van der Waals surface area contributed by atoms with Crippen LogP contribution in [-0.2, 0) is 13.0 Å². The summed E-state index contributed by atoms with van der Waals surface area (Å²) in [5.41, 5.74) is 4.14. The van der Waals surface area contributed by atoms with E-state index in [0.29, 0.717) is 30.4 Å². The first-order valence-corrected chi connectivity index (χ1v) is 14.0. The topological polar surface area (TPSA) is 65.4 Å². The molecule has 1 aromatic heterocycles. The third-order valence-electron chi connectivity index (χ3n) is 8.53. The smallest absolute Gasteiger partial charge is 0.326 e. The van der Waals surface area contributed by atoms with Crippen molar-refractivity contribution in [1.29, 1.82) is 0 Å². The molecule has 3 aliphatic rings. The van der Waals surface area contributed by atoms with E-state index in [0.717, 1.165) is 38.2 Å². The molecule has 3 aromatic rings. The van der Waals surface area contributed by atoms with Crippen molar-refractivity contribution in [2.45, 2.75) is 70.1 Å². The molecule has 0 aliphatic carbocycles. The van der Waals surface area contributed by atoms with Gasteiger partial charge in [0, 0.05) is 67.8 Å². The normalized spacial score (nSPS) is 22.7. The minimum absolute atomic E-state index is 0.195. The molecular weight excluding hydrogens is 479 g/mol. The van der Waals surface area contributed by atoms with Crippen LogP contribution in [0.1, 0.15) is 55.4 Å². The van der Waals surface area contributed by atoms with Crippen LogP contribution >= 0.6 is 0 Å². The number of anilines is 2. The number of carbonyl (C=O) groups is 1. The first-order chi connectivity index (χ1) is 18.6. The van der Waals surface area contributed by atoms with Gasteiger partial charge >= 0.3 is 6.03 Å². The molecule has 2 bridgehead atoms. The predicted molar refractivity (Wildman–Crippen MR) is 148 cm³/mol. The van der Waals surface area contributed by atoms with E-state index in [1.54, 1.807) is 17.0 Å². The van der Waals surface area contributed by atoms with Crippen molar-refractivity contribution in [2.24, 2.45) is 0 Å². The second kappa shape index (κ2) is 10.9. The second-order valence-electron chi connectivity index (χ2n) is 10.9. The quantitative estimate of drug-likeness (QED) is 0.449. The highest BCUT2D eigenvalue weighted by Gasteiger charge is 2.42. The molecule has 0 spiro atoms. The fourth-order valence-corrected chi connectivity index (χ4v) is 6.87. The largest absolute Gasteiger partial charge is 0.329 e. The summed E-state index contributed by atoms with van der Waals surface area (Å²) >= 11 is 0. The van der Waals surface area contributed by atoms with Gasteiger partial charge in [-0.05, 0) is 75.4 Å². The number of nitrogens with one attached hydrogen (secondary N) is 2. The molecule has 6 rings (SSSR count). The molecule has 2 N–H and O–H groups in total. The summed E-state index contributed by atoms with van der Waals surface area (Å²) in [5.74, 6) is 0.851. The van der Waals surface area contributed by atoms with Gasteiger partial charge in [0.1, 0.15) is 11.6 Å². The lowest BCUT2D eigenvalue weighted by atomic mass is 9.96. The van der Waals surface area contributed by atoms with Gasteiger partial charge in [-0.2, -0.15) is 0 Å². The lowest BCUT2D eigenvalue weighted by Gasteiger charge is -2.40. The van der Waals surface area contributed by atoms with E-state index in [2.05, 4.69) is 27.0 Å². The number of benzene rings is 2. The summed E-state index contributed by atoms with van der Waals surface area (Å²) in [5, 5.41) is 6.39. The average molecular weight is 517 g/mol. The van der Waals surface area contributed by atoms with Crippen LogP contribution in [0.4, 0.5) is 20.6 Å². The average Bonchev–Trinajstić information content (AvgIpc) is 3.38. The van der Waals surface area contributed by atoms with E-state index in [1.807, 2.05) is 30.3 Å². The molecular formula is C30H37FN6O. The number of nitrogens with zero attached hydrogens (tertiary/aromatic N) is 4. The van der Waals surface area contributed by atoms with E-state index in [-0.39, 0.29) is 11.8 Å². The number of amides is 2. The summed E-state index contributed by atoms with van der Waals surface area (Å²) in [6.07, 6.45) is 6.84. The molecule has 2 aromatic carbocycles. The Hall–Kier alpha value is -3.23. The summed E-state index contributed by atoms with van der Waals surface area (Å²) in [4.78, 5) is 22.6. The first kappa shape index (κ1) is 25.1. The number of rotatable bonds is 7. The Morgan fingerprint density at radius 3 is 2.55 bits per heavy atom. The van der Waals surface area contributed by atoms with Gasteiger partial charge in [0.15, 0.2) is 0 Å². The number of fused-ring (bicyclic) bond motifs is 3. The molecule has 3 aliphatic heterocycles. The van der Waals surface area contributed by atoms with Crippen LogP contribution < -0.4 is 15.5 Å². The number of aromatic nitrogens is 2. The zero-order valence-corrected chi connectivity index (χ0v) is 22.1. The van der Waals surface area contributed by atoms with Crippen LogP contribution in [0.3, 0.4) is 0 Å². The number of piperidine rings is 1. The van der Waals surface area contributed by atoms with Crippen molar-refractivity contribution < 1.29 is 9.18 Å². The minimum atomic E-state index is -0.318. The molecule has 2 amide bonds. The van der Waals surface area contributed by atoms with Crippen LogP contribution in [-0.4, -0.2) is 52.2 Å². The van der Waals surface area contributed by atoms with Gasteiger partial charge in [0.2, 0.25) is 0 Å². The summed E-state index contributed by atoms with van der Waals surface area (Å²) in [6.45, 7) is 5.71. The van der Waals surface area contributed by atoms with E-state index in [4.69, 9.17) is 4.98 Å². The van der Waals surface area contributed by atoms with Crippen molar-refractivity contribution in [3.8, 4) is 0 Å². The van der Waals surface area contributed by atoms with E-state index in [9.17, 15) is 9.18 Å². The summed E-state index contributed by atoms with van der Waals surface area (Å²) in [7, 11) is 0. The monoisotopic (exact) mass is 516 g/mol. The van der Waals surface area contributed by atoms with Crippen LogP contribution in [0, 0.1) is 12.7 Å².